The number of aromatic nitrogens is 4. The van der Waals surface area contributed by atoms with Gasteiger partial charge in [0.15, 0.2) is 0 Å². The second-order valence-electron chi connectivity index (χ2n) is 29.8. The number of aliphatic imine (C=N–C) groups is 1. The number of benzene rings is 8. The number of amidine groups is 4. The van der Waals surface area contributed by atoms with Gasteiger partial charge in [-0.25, -0.2) is 19.9 Å². The molecule has 0 unspecified atom stereocenters. The van der Waals surface area contributed by atoms with Crippen LogP contribution < -0.4 is 42.5 Å². The Morgan fingerprint density at radius 1 is 0.343 bits per heavy atom. The van der Waals surface area contributed by atoms with Crippen LogP contribution in [0.15, 0.2) is 230 Å². The average Bonchev–Trinajstić information content (AvgIpc) is 0.839. The molecule has 15 N–H and O–H groups in total. The smallest absolute Gasteiger partial charge is 0.259 e. The van der Waals surface area contributed by atoms with Gasteiger partial charge in [-0.2, -0.15) is 0 Å². The number of ether oxygens (including phenoxy) is 1. The molecule has 33 nitrogen and oxygen atoms in total. The summed E-state index contributed by atoms with van der Waals surface area (Å²) in [4.78, 5) is 131. The highest BCUT2D eigenvalue weighted by Crippen LogP contribution is 2.38. The van der Waals surface area contributed by atoms with Crippen LogP contribution in [-0.2, 0) is 4.74 Å². The molecule has 8 aromatic carbocycles. The van der Waals surface area contributed by atoms with Crippen molar-refractivity contribution in [2.45, 2.75) is 19.3 Å². The Bertz CT molecular complexity index is 6240. The standard InChI is InChI=1S/C25H23Cl2N5O3.C24H21Cl2N5O4.C23H19Cl2N5O3.C22H20ClN5O3/c26-17-8-9-21(29-14-17)30-25(35)19-12-18(27)13-20(33)22(19)31-24(34)16-6-4-15(5-7-16)23(28)32-10-2-1-3-11-32;25-16-5-6-20(28-13-16)29-24(34)18-11-17(26)12-19(32)21(18)30-23(33)15-3-1-14(2-4-15)22(27)31-7-9-35-10-8-31;1-30-9-8-26-21(30)13-2-4-14(5-3-13)22(32)29-20-17(10-16(25)11-18(20)31)23(33)28-19-7-6-15(24)12-27-19;1-28(2)20(24)13-6-8-14(9-7-13)21(30)27-19-16(4-3-5-17(19)29)22(31)26-18-11-10-15(23)12-25-18/h4-9,12-14,28,33H,1-3,10-11H2,(H,31,34)(H,29,30,35);1-6,11-13,27,32H,7-10H2,(H,30,33)(H,28,29,34);2-7,10-12,31H,8-9H2,1H3,(H,29,32)(H,27,28,33);3-12,24,29H,1-2H3,(H,27,30)(H,25,26,31). The van der Waals surface area contributed by atoms with Crippen LogP contribution in [0.2, 0.25) is 35.2 Å². The molecule has 686 valence electrons. The van der Waals surface area contributed by atoms with E-state index in [1.165, 1.54) is 110 Å². The summed E-state index contributed by atoms with van der Waals surface area (Å²) in [5, 5.41) is 89.0. The van der Waals surface area contributed by atoms with E-state index in [9.17, 15) is 58.8 Å². The van der Waals surface area contributed by atoms with Gasteiger partial charge in [-0.3, -0.25) is 59.6 Å². The highest BCUT2D eigenvalue weighted by Gasteiger charge is 2.28. The third kappa shape index (κ3) is 26.3. The molecule has 0 bridgehead atoms. The van der Waals surface area contributed by atoms with Gasteiger partial charge in [0.25, 0.3) is 47.3 Å². The maximum atomic E-state index is 12.9. The molecule has 3 aliphatic rings. The van der Waals surface area contributed by atoms with Crippen molar-refractivity contribution < 1.29 is 63.5 Å². The summed E-state index contributed by atoms with van der Waals surface area (Å²) in [7, 11) is 5.47. The number of likely N-dealkylation sites (tertiary alicyclic amines) is 1. The minimum atomic E-state index is -0.637. The Morgan fingerprint density at radius 2 is 0.657 bits per heavy atom. The molecule has 4 aromatic heterocycles. The Labute approximate surface area is 802 Å². The van der Waals surface area contributed by atoms with E-state index in [2.05, 4.69) is 67.5 Å². The largest absolute Gasteiger partial charge is 0.506 e. The summed E-state index contributed by atoms with van der Waals surface area (Å²) in [5.41, 5.74) is 3.84. The van der Waals surface area contributed by atoms with Gasteiger partial charge < -0.3 is 87.3 Å². The Morgan fingerprint density at radius 3 is 0.978 bits per heavy atom. The number of nitrogens with one attached hydrogen (secondary N) is 11. The molecule has 2 fully saturated rings. The first-order valence-electron chi connectivity index (χ1n) is 40.8. The summed E-state index contributed by atoms with van der Waals surface area (Å²) in [6.45, 7) is 5.69. The van der Waals surface area contributed by atoms with Crippen LogP contribution in [0.4, 0.5) is 46.0 Å². The number of nitrogens with zero attached hydrogens (tertiary/aromatic N) is 9. The number of phenolic OH excluding ortho intramolecular Hbond substituents is 4. The predicted octanol–water partition coefficient (Wildman–Crippen LogP) is 17.8. The Hall–Kier alpha value is -14.8. The second-order valence-corrected chi connectivity index (χ2v) is 32.9. The number of aromatic hydroxyl groups is 4. The summed E-state index contributed by atoms with van der Waals surface area (Å²) >= 11 is 41.4. The zero-order valence-electron chi connectivity index (χ0n) is 71.3. The van der Waals surface area contributed by atoms with Crippen molar-refractivity contribution in [1.29, 1.82) is 16.2 Å². The van der Waals surface area contributed by atoms with Gasteiger partial charge in [-0.15, -0.1) is 0 Å². The number of hydrogen-bond donors (Lipinski definition) is 15. The van der Waals surface area contributed by atoms with Gasteiger partial charge in [0.1, 0.15) is 69.6 Å². The Balaban J connectivity index is 0.000000161. The van der Waals surface area contributed by atoms with Crippen molar-refractivity contribution >= 4 is 198 Å². The average molecular weight is 1950 g/mol. The zero-order valence-corrected chi connectivity index (χ0v) is 76.6. The lowest BCUT2D eigenvalue weighted by Crippen LogP contribution is -2.40. The van der Waals surface area contributed by atoms with Crippen LogP contribution in [0.3, 0.4) is 0 Å². The van der Waals surface area contributed by atoms with E-state index in [1.807, 2.05) is 21.7 Å². The molecule has 134 heavy (non-hydrogen) atoms. The first-order valence-corrected chi connectivity index (χ1v) is 43.4. The molecule has 0 saturated carbocycles. The van der Waals surface area contributed by atoms with Crippen molar-refractivity contribution in [2.24, 2.45) is 4.99 Å². The molecular weight excluding hydrogens is 1870 g/mol. The number of likely N-dealkylation sites (N-methyl/N-ethyl adjacent to an activating group) is 1. The molecule has 0 spiro atoms. The van der Waals surface area contributed by atoms with Gasteiger partial charge in [0.05, 0.1) is 84.9 Å². The van der Waals surface area contributed by atoms with Gasteiger partial charge >= 0.3 is 0 Å². The number of anilines is 8. The van der Waals surface area contributed by atoms with E-state index in [0.29, 0.717) is 97.3 Å². The highest BCUT2D eigenvalue weighted by atomic mass is 35.5. The number of morpholine rings is 1. The minimum absolute atomic E-state index is 0.0240. The number of para-hydroxylation sites is 1. The van der Waals surface area contributed by atoms with Gasteiger partial charge in [-0.1, -0.05) is 136 Å². The normalized spacial score (nSPS) is 12.5. The molecule has 2 saturated heterocycles. The fraction of sp³-hybridized carbons (Fsp3) is 0.149. The third-order valence-electron chi connectivity index (χ3n) is 20.3. The van der Waals surface area contributed by atoms with Gasteiger partial charge in [0, 0.05) is 156 Å². The highest BCUT2D eigenvalue weighted by molar-refractivity contribution is 6.34. The number of phenols is 4. The maximum Gasteiger partial charge on any atom is 0.259 e. The first kappa shape index (κ1) is 98.2. The fourth-order valence-electron chi connectivity index (χ4n) is 13.3. The molecule has 0 atom stereocenters. The molecule has 0 aliphatic carbocycles. The van der Waals surface area contributed by atoms with Crippen LogP contribution in [0.5, 0.6) is 23.0 Å². The lowest BCUT2D eigenvalue weighted by atomic mass is 10.1. The lowest BCUT2D eigenvalue weighted by molar-refractivity contribution is 0.0680. The topological polar surface area (TPSA) is 471 Å². The third-order valence-corrected chi connectivity index (χ3v) is 21.8. The van der Waals surface area contributed by atoms with Crippen molar-refractivity contribution in [2.75, 3.05) is 116 Å². The van der Waals surface area contributed by atoms with Crippen molar-refractivity contribution in [3.8, 4) is 23.0 Å². The summed E-state index contributed by atoms with van der Waals surface area (Å²) in [5.74, 6) is -2.91. The number of amides is 8. The van der Waals surface area contributed by atoms with Crippen LogP contribution in [0.1, 0.15) is 124 Å². The number of halogens is 7. The SMILES string of the molecule is CN(C)C(=N)c1ccc(C(=O)Nc2c(O)cccc2C(=O)Nc2ccc(Cl)cn2)cc1.CN1CCN=C1c1ccc(C(=O)Nc2c(O)cc(Cl)cc2C(=O)Nc2ccc(Cl)cn2)cc1.N=C(c1ccc(C(=O)Nc2c(O)cc(Cl)cc2C(=O)Nc2ccc(Cl)cn2)cc1)N1CCCCC1.N=C(c1ccc(C(=O)Nc2c(O)cc(Cl)cc2C(=O)Nc2ccc(Cl)cn2)cc1)N1CCOCC1. The van der Waals surface area contributed by atoms with Crippen molar-refractivity contribution in [3.63, 3.8) is 0 Å². The summed E-state index contributed by atoms with van der Waals surface area (Å²) < 4.78 is 5.32. The maximum absolute atomic E-state index is 12.9. The molecule has 3 aliphatic heterocycles. The molecule has 15 rings (SSSR count). The number of hydrogen-bond acceptors (Lipinski definition) is 22. The minimum Gasteiger partial charge on any atom is -0.506 e. The monoisotopic (exact) mass is 1940 g/mol. The predicted molar refractivity (Wildman–Crippen MR) is 520 cm³/mol. The van der Waals surface area contributed by atoms with E-state index in [0.717, 1.165) is 50.4 Å². The molecule has 8 amide bonds. The van der Waals surface area contributed by atoms with Crippen LogP contribution >= 0.6 is 81.2 Å². The molecular formula is C94H83Cl7N20O13. The molecule has 7 heterocycles. The van der Waals surface area contributed by atoms with Crippen LogP contribution in [0, 0.1) is 16.2 Å². The lowest BCUT2D eigenvalue weighted by Gasteiger charge is -2.29. The molecule has 40 heteroatoms. The quantitative estimate of drug-likeness (QED) is 0.0191. The molecule has 12 aromatic rings. The second kappa shape index (κ2) is 45.8. The Kier molecular flexibility index (Phi) is 33.6. The first-order chi connectivity index (χ1) is 64.2. The van der Waals surface area contributed by atoms with Crippen LogP contribution in [-0.4, -0.2) is 204 Å². The number of pyridine rings is 4. The molecule has 0 radical (unpaired) electrons. The fourth-order valence-corrected chi connectivity index (χ4v) is 14.4. The van der Waals surface area contributed by atoms with E-state index in [4.69, 9.17) is 102 Å². The van der Waals surface area contributed by atoms with Crippen LogP contribution in [0.25, 0.3) is 0 Å². The zero-order chi connectivity index (χ0) is 96.0. The van der Waals surface area contributed by atoms with Crippen molar-refractivity contribution in [3.05, 3.63) is 327 Å². The number of piperidine rings is 1. The number of carbonyl (C=O) groups is 8. The van der Waals surface area contributed by atoms with Gasteiger partial charge in [-0.05, 0) is 147 Å². The number of rotatable bonds is 20. The van der Waals surface area contributed by atoms with E-state index >= 15 is 0 Å². The summed E-state index contributed by atoms with van der Waals surface area (Å²) in [6.07, 6.45) is 8.84. The summed E-state index contributed by atoms with van der Waals surface area (Å²) in [6, 6.07) is 50.9. The van der Waals surface area contributed by atoms with E-state index < -0.39 is 47.3 Å². The van der Waals surface area contributed by atoms with E-state index in [1.54, 1.807) is 140 Å². The van der Waals surface area contributed by atoms with E-state index in [-0.39, 0.29) is 112 Å². The van der Waals surface area contributed by atoms with Gasteiger partial charge in [0.2, 0.25) is 0 Å². The van der Waals surface area contributed by atoms with Crippen molar-refractivity contribution in [1.82, 2.24) is 39.5 Å². The number of carbonyl (C=O) groups excluding carboxylic acids is 8.